The van der Waals surface area contributed by atoms with Crippen molar-refractivity contribution >= 4 is 28.8 Å². The van der Waals surface area contributed by atoms with E-state index in [4.69, 9.17) is 18.0 Å². The largest absolute Gasteiger partial charge is 0.389 e. The van der Waals surface area contributed by atoms with Gasteiger partial charge in [-0.15, -0.1) is 0 Å². The molecule has 16 heavy (non-hydrogen) atoms. The van der Waals surface area contributed by atoms with Crippen LogP contribution in [0.5, 0.6) is 0 Å². The summed E-state index contributed by atoms with van der Waals surface area (Å²) in [6, 6.07) is 7.46. The summed E-state index contributed by atoms with van der Waals surface area (Å²) in [5.74, 6) is 0.355. The minimum atomic E-state index is 0.156. The van der Waals surface area contributed by atoms with E-state index in [0.717, 1.165) is 24.1 Å². The van der Waals surface area contributed by atoms with Crippen LogP contribution in [0, 0.1) is 5.92 Å². The van der Waals surface area contributed by atoms with Gasteiger partial charge in [0.15, 0.2) is 0 Å². The van der Waals surface area contributed by atoms with E-state index in [-0.39, 0.29) is 11.8 Å². The molecular formula is C12H14N2OS. The number of carbonyl (C=O) groups excluding carboxylic acids is 1. The van der Waals surface area contributed by atoms with Crippen LogP contribution in [0.3, 0.4) is 0 Å². The maximum atomic E-state index is 11.9. The summed E-state index contributed by atoms with van der Waals surface area (Å²) in [4.78, 5) is 13.9. The Bertz CT molecular complexity index is 440. The number of hydrogen-bond acceptors (Lipinski definition) is 2. The second kappa shape index (κ2) is 4.22. The van der Waals surface area contributed by atoms with Gasteiger partial charge in [0.2, 0.25) is 5.91 Å². The Hall–Kier alpha value is -1.42. The lowest BCUT2D eigenvalue weighted by molar-refractivity contribution is -0.119. The zero-order valence-corrected chi connectivity index (χ0v) is 9.96. The molecule has 0 aliphatic heterocycles. The Morgan fingerprint density at radius 1 is 1.44 bits per heavy atom. The van der Waals surface area contributed by atoms with Crippen molar-refractivity contribution in [1.29, 1.82) is 0 Å². The van der Waals surface area contributed by atoms with E-state index in [1.807, 2.05) is 24.3 Å². The highest BCUT2D eigenvalue weighted by Crippen LogP contribution is 2.32. The summed E-state index contributed by atoms with van der Waals surface area (Å²) in [6.45, 7) is 0. The van der Waals surface area contributed by atoms with Crippen LogP contribution in [0.15, 0.2) is 24.3 Å². The first kappa shape index (κ1) is 11.1. The molecule has 84 valence electrons. The fraction of sp³-hybridized carbons (Fsp3) is 0.333. The molecule has 1 fully saturated rings. The van der Waals surface area contributed by atoms with Crippen LogP contribution in [0.25, 0.3) is 0 Å². The van der Waals surface area contributed by atoms with E-state index >= 15 is 0 Å². The van der Waals surface area contributed by atoms with Crippen molar-refractivity contribution in [3.8, 4) is 0 Å². The summed E-state index contributed by atoms with van der Waals surface area (Å²) < 4.78 is 0. The number of carbonyl (C=O) groups is 1. The molecule has 0 aromatic heterocycles. The molecule has 0 saturated heterocycles. The summed E-state index contributed by atoms with van der Waals surface area (Å²) in [5, 5.41) is 0. The highest BCUT2D eigenvalue weighted by molar-refractivity contribution is 7.80. The fourth-order valence-electron chi connectivity index (χ4n) is 1.70. The lowest BCUT2D eigenvalue weighted by Gasteiger charge is -2.20. The lowest BCUT2D eigenvalue weighted by Crippen LogP contribution is -2.29. The molecular weight excluding hydrogens is 220 g/mol. The van der Waals surface area contributed by atoms with Gasteiger partial charge in [-0.1, -0.05) is 24.4 Å². The van der Waals surface area contributed by atoms with Crippen molar-refractivity contribution in [3.05, 3.63) is 29.8 Å². The Morgan fingerprint density at radius 2 is 2.06 bits per heavy atom. The third-order valence-electron chi connectivity index (χ3n) is 2.79. The molecule has 0 bridgehead atoms. The quantitative estimate of drug-likeness (QED) is 0.810. The topological polar surface area (TPSA) is 46.3 Å². The molecule has 1 aliphatic carbocycles. The number of hydrogen-bond donors (Lipinski definition) is 1. The predicted molar refractivity (Wildman–Crippen MR) is 68.5 cm³/mol. The third-order valence-corrected chi connectivity index (χ3v) is 3.01. The van der Waals surface area contributed by atoms with E-state index in [1.165, 1.54) is 0 Å². The maximum Gasteiger partial charge on any atom is 0.229 e. The van der Waals surface area contributed by atoms with Crippen LogP contribution in [0.4, 0.5) is 5.69 Å². The van der Waals surface area contributed by atoms with Crippen molar-refractivity contribution in [2.24, 2.45) is 11.7 Å². The molecule has 1 aliphatic rings. The lowest BCUT2D eigenvalue weighted by atomic mass is 10.1. The first-order chi connectivity index (χ1) is 7.61. The van der Waals surface area contributed by atoms with E-state index < -0.39 is 0 Å². The minimum Gasteiger partial charge on any atom is -0.389 e. The minimum absolute atomic E-state index is 0.156. The molecule has 0 unspecified atom stereocenters. The second-order valence-corrected chi connectivity index (χ2v) is 4.49. The number of thiocarbonyl (C=S) groups is 1. The molecule has 1 aromatic rings. The van der Waals surface area contributed by atoms with Gasteiger partial charge in [-0.3, -0.25) is 4.79 Å². The van der Waals surface area contributed by atoms with Crippen molar-refractivity contribution in [2.45, 2.75) is 12.8 Å². The smallest absolute Gasteiger partial charge is 0.229 e. The number of nitrogens with two attached hydrogens (primary N) is 1. The predicted octanol–water partition coefficient (Wildman–Crippen LogP) is 1.69. The first-order valence-electron chi connectivity index (χ1n) is 5.27. The number of para-hydroxylation sites is 1. The van der Waals surface area contributed by atoms with E-state index in [1.54, 1.807) is 11.9 Å². The SMILES string of the molecule is CN(C(=O)C1CC1)c1ccccc1C(N)=S. The summed E-state index contributed by atoms with van der Waals surface area (Å²) in [7, 11) is 1.78. The van der Waals surface area contributed by atoms with Gasteiger partial charge in [0.1, 0.15) is 4.99 Å². The Morgan fingerprint density at radius 3 is 2.62 bits per heavy atom. The molecule has 3 nitrogen and oxygen atoms in total. The fourth-order valence-corrected chi connectivity index (χ4v) is 1.87. The van der Waals surface area contributed by atoms with Gasteiger partial charge >= 0.3 is 0 Å². The molecule has 2 N–H and O–H groups in total. The van der Waals surface area contributed by atoms with Crippen molar-refractivity contribution in [3.63, 3.8) is 0 Å². The average Bonchev–Trinajstić information content (AvgIpc) is 3.11. The monoisotopic (exact) mass is 234 g/mol. The molecule has 1 amide bonds. The third kappa shape index (κ3) is 2.07. The van der Waals surface area contributed by atoms with Crippen LogP contribution in [0.2, 0.25) is 0 Å². The summed E-state index contributed by atoms with van der Waals surface area (Å²) in [5.41, 5.74) is 7.19. The Labute approximate surface area is 100 Å². The number of benzene rings is 1. The summed E-state index contributed by atoms with van der Waals surface area (Å²) in [6.07, 6.45) is 2.00. The van der Waals surface area contributed by atoms with Gasteiger partial charge < -0.3 is 10.6 Å². The van der Waals surface area contributed by atoms with Gasteiger partial charge in [0, 0.05) is 18.5 Å². The van der Waals surface area contributed by atoms with Crippen LogP contribution < -0.4 is 10.6 Å². The summed E-state index contributed by atoms with van der Waals surface area (Å²) >= 11 is 4.98. The normalized spacial score (nSPS) is 14.6. The molecule has 0 radical (unpaired) electrons. The van der Waals surface area contributed by atoms with Crippen molar-refractivity contribution in [2.75, 3.05) is 11.9 Å². The first-order valence-corrected chi connectivity index (χ1v) is 5.68. The number of nitrogens with zero attached hydrogens (tertiary/aromatic N) is 1. The maximum absolute atomic E-state index is 11.9. The second-order valence-electron chi connectivity index (χ2n) is 4.05. The van der Waals surface area contributed by atoms with Gasteiger partial charge in [-0.05, 0) is 25.0 Å². The van der Waals surface area contributed by atoms with Crippen LogP contribution in [-0.4, -0.2) is 17.9 Å². The zero-order chi connectivity index (χ0) is 11.7. The Kier molecular flexibility index (Phi) is 2.92. The Balaban J connectivity index is 2.31. The molecule has 0 heterocycles. The number of amides is 1. The molecule has 0 spiro atoms. The zero-order valence-electron chi connectivity index (χ0n) is 9.14. The van der Waals surface area contributed by atoms with E-state index in [2.05, 4.69) is 0 Å². The molecule has 4 heteroatoms. The molecule has 1 aromatic carbocycles. The standard InChI is InChI=1S/C12H14N2OS/c1-14(12(15)8-6-7-8)10-5-3-2-4-9(10)11(13)16/h2-5,8H,6-7H2,1H3,(H2,13,16). The van der Waals surface area contributed by atoms with Crippen LogP contribution >= 0.6 is 12.2 Å². The highest BCUT2D eigenvalue weighted by Gasteiger charge is 2.33. The van der Waals surface area contributed by atoms with Crippen molar-refractivity contribution < 1.29 is 4.79 Å². The van der Waals surface area contributed by atoms with Gasteiger partial charge in [0.25, 0.3) is 0 Å². The van der Waals surface area contributed by atoms with Gasteiger partial charge in [-0.2, -0.15) is 0 Å². The average molecular weight is 234 g/mol. The highest BCUT2D eigenvalue weighted by atomic mass is 32.1. The molecule has 1 saturated carbocycles. The molecule has 2 rings (SSSR count). The van der Waals surface area contributed by atoms with Crippen LogP contribution in [-0.2, 0) is 4.79 Å². The van der Waals surface area contributed by atoms with Crippen molar-refractivity contribution in [1.82, 2.24) is 0 Å². The van der Waals surface area contributed by atoms with Gasteiger partial charge in [0.05, 0.1) is 5.69 Å². The number of rotatable bonds is 3. The number of anilines is 1. The molecule has 0 atom stereocenters. The van der Waals surface area contributed by atoms with Crippen LogP contribution in [0.1, 0.15) is 18.4 Å². The van der Waals surface area contributed by atoms with Gasteiger partial charge in [-0.25, -0.2) is 0 Å². The van der Waals surface area contributed by atoms with E-state index in [9.17, 15) is 4.79 Å². The van der Waals surface area contributed by atoms with E-state index in [0.29, 0.717) is 4.99 Å².